The van der Waals surface area contributed by atoms with Crippen molar-refractivity contribution in [3.8, 4) is 0 Å². The summed E-state index contributed by atoms with van der Waals surface area (Å²) < 4.78 is 0. The molecule has 0 saturated carbocycles. The Kier molecular flexibility index (Phi) is 4.93. The number of rotatable bonds is 5. The van der Waals surface area contributed by atoms with Crippen LogP contribution in [0.25, 0.3) is 0 Å². The second-order valence-corrected chi connectivity index (χ2v) is 7.11. The van der Waals surface area contributed by atoms with Crippen LogP contribution >= 0.6 is 11.3 Å². The normalized spacial score (nSPS) is 22.5. The third-order valence-electron chi connectivity index (χ3n) is 4.69. The zero-order valence-electron chi connectivity index (χ0n) is 12.8. The molecular formula is C16H25N3OS. The van der Waals surface area contributed by atoms with E-state index in [2.05, 4.69) is 28.6 Å². The summed E-state index contributed by atoms with van der Waals surface area (Å²) in [6.45, 7) is 8.89. The number of nitrogens with zero attached hydrogens (tertiary/aromatic N) is 2. The Bertz CT molecular complexity index is 488. The van der Waals surface area contributed by atoms with Gasteiger partial charge in [-0.15, -0.1) is 11.3 Å². The smallest absolute Gasteiger partial charge is 0.236 e. The van der Waals surface area contributed by atoms with E-state index in [1.165, 1.54) is 30.0 Å². The fourth-order valence-corrected chi connectivity index (χ4v) is 4.21. The van der Waals surface area contributed by atoms with Gasteiger partial charge in [-0.05, 0) is 55.4 Å². The Morgan fingerprint density at radius 2 is 2.38 bits per heavy atom. The van der Waals surface area contributed by atoms with Crippen LogP contribution < -0.4 is 5.32 Å². The second kappa shape index (κ2) is 6.90. The number of carbonyl (C=O) groups excluding carboxylic acids is 1. The van der Waals surface area contributed by atoms with Crippen LogP contribution in [0.3, 0.4) is 0 Å². The molecule has 1 aromatic heterocycles. The van der Waals surface area contributed by atoms with Crippen LogP contribution in [0.4, 0.5) is 0 Å². The highest BCUT2D eigenvalue weighted by Crippen LogP contribution is 2.23. The minimum atomic E-state index is 0.247. The van der Waals surface area contributed by atoms with Crippen molar-refractivity contribution in [1.82, 2.24) is 15.1 Å². The van der Waals surface area contributed by atoms with E-state index in [0.29, 0.717) is 12.5 Å². The molecule has 0 bridgehead atoms. The molecule has 0 aliphatic carbocycles. The molecule has 1 N–H and O–H groups in total. The lowest BCUT2D eigenvalue weighted by Crippen LogP contribution is -2.41. The van der Waals surface area contributed by atoms with Gasteiger partial charge in [0.2, 0.25) is 5.91 Å². The molecule has 1 fully saturated rings. The minimum absolute atomic E-state index is 0.247. The maximum absolute atomic E-state index is 12.3. The number of hydrogen-bond acceptors (Lipinski definition) is 4. The highest BCUT2D eigenvalue weighted by atomic mass is 32.1. The van der Waals surface area contributed by atoms with Gasteiger partial charge in [0.15, 0.2) is 0 Å². The summed E-state index contributed by atoms with van der Waals surface area (Å²) in [5, 5.41) is 5.51. The first-order chi connectivity index (χ1) is 10.3. The number of nitrogens with one attached hydrogen (secondary N) is 1. The molecule has 4 nitrogen and oxygen atoms in total. The first kappa shape index (κ1) is 15.0. The van der Waals surface area contributed by atoms with E-state index >= 15 is 0 Å². The monoisotopic (exact) mass is 307 g/mol. The fraction of sp³-hybridized carbons (Fsp3) is 0.688. The lowest BCUT2D eigenvalue weighted by Gasteiger charge is -2.27. The zero-order chi connectivity index (χ0) is 14.7. The minimum Gasteiger partial charge on any atom is -0.337 e. The largest absolute Gasteiger partial charge is 0.337 e. The van der Waals surface area contributed by atoms with Crippen molar-refractivity contribution >= 4 is 17.2 Å². The standard InChI is InChI=1S/C16H25N3OS/c1-2-18-6-3-13(11-18)9-17-10-16(20)19-7-4-15-14(12-19)5-8-21-15/h5,8,13,17H,2-4,6-7,9-12H2,1H3. The first-order valence-corrected chi connectivity index (χ1v) is 8.90. The van der Waals surface area contributed by atoms with Crippen LogP contribution in [0.5, 0.6) is 0 Å². The van der Waals surface area contributed by atoms with Gasteiger partial charge in [0.25, 0.3) is 0 Å². The van der Waals surface area contributed by atoms with E-state index in [9.17, 15) is 4.79 Å². The molecular weight excluding hydrogens is 282 g/mol. The summed E-state index contributed by atoms with van der Waals surface area (Å²) in [7, 11) is 0. The Balaban J connectivity index is 1.39. The summed E-state index contributed by atoms with van der Waals surface area (Å²) in [6, 6.07) is 2.16. The van der Waals surface area contributed by atoms with Crippen LogP contribution in [0.1, 0.15) is 23.8 Å². The van der Waals surface area contributed by atoms with E-state index in [1.54, 1.807) is 0 Å². The van der Waals surface area contributed by atoms with Crippen molar-refractivity contribution in [2.75, 3.05) is 39.3 Å². The van der Waals surface area contributed by atoms with Gasteiger partial charge in [-0.1, -0.05) is 6.92 Å². The molecule has 1 aromatic rings. The molecule has 1 amide bonds. The predicted molar refractivity (Wildman–Crippen MR) is 86.5 cm³/mol. The van der Waals surface area contributed by atoms with Crippen LogP contribution in [-0.4, -0.2) is 55.0 Å². The number of amides is 1. The molecule has 116 valence electrons. The molecule has 5 heteroatoms. The van der Waals surface area contributed by atoms with Crippen molar-refractivity contribution in [1.29, 1.82) is 0 Å². The number of hydrogen-bond donors (Lipinski definition) is 1. The van der Waals surface area contributed by atoms with Gasteiger partial charge < -0.3 is 15.1 Å². The third kappa shape index (κ3) is 3.65. The molecule has 2 aliphatic heterocycles. The maximum Gasteiger partial charge on any atom is 0.236 e. The molecule has 3 heterocycles. The summed E-state index contributed by atoms with van der Waals surface area (Å²) in [5.41, 5.74) is 1.34. The average molecular weight is 307 g/mol. The van der Waals surface area contributed by atoms with Crippen molar-refractivity contribution in [2.45, 2.75) is 26.3 Å². The van der Waals surface area contributed by atoms with E-state index in [0.717, 1.165) is 32.6 Å². The van der Waals surface area contributed by atoms with Crippen LogP contribution in [0.2, 0.25) is 0 Å². The Morgan fingerprint density at radius 1 is 1.48 bits per heavy atom. The number of likely N-dealkylation sites (tertiary alicyclic amines) is 1. The lowest BCUT2D eigenvalue weighted by molar-refractivity contribution is -0.131. The van der Waals surface area contributed by atoms with Gasteiger partial charge in [-0.2, -0.15) is 0 Å². The van der Waals surface area contributed by atoms with Crippen LogP contribution in [0.15, 0.2) is 11.4 Å². The lowest BCUT2D eigenvalue weighted by atomic mass is 10.1. The molecule has 21 heavy (non-hydrogen) atoms. The quantitative estimate of drug-likeness (QED) is 0.897. The Morgan fingerprint density at radius 3 is 3.19 bits per heavy atom. The maximum atomic E-state index is 12.3. The fourth-order valence-electron chi connectivity index (χ4n) is 3.32. The van der Waals surface area contributed by atoms with Crippen LogP contribution in [0, 0.1) is 5.92 Å². The molecule has 0 spiro atoms. The molecule has 1 unspecified atom stereocenters. The van der Waals surface area contributed by atoms with Crippen molar-refractivity contribution in [2.24, 2.45) is 5.92 Å². The predicted octanol–water partition coefficient (Wildman–Crippen LogP) is 1.56. The van der Waals surface area contributed by atoms with Gasteiger partial charge in [0.05, 0.1) is 6.54 Å². The van der Waals surface area contributed by atoms with Crippen molar-refractivity contribution in [3.63, 3.8) is 0 Å². The van der Waals surface area contributed by atoms with Gasteiger partial charge in [0, 0.05) is 24.5 Å². The zero-order valence-corrected chi connectivity index (χ0v) is 13.6. The van der Waals surface area contributed by atoms with E-state index in [-0.39, 0.29) is 5.91 Å². The molecule has 0 radical (unpaired) electrons. The summed E-state index contributed by atoms with van der Waals surface area (Å²) in [5.74, 6) is 0.958. The molecule has 2 aliphatic rings. The summed E-state index contributed by atoms with van der Waals surface area (Å²) in [6.07, 6.45) is 2.28. The first-order valence-electron chi connectivity index (χ1n) is 8.02. The average Bonchev–Trinajstić information content (AvgIpc) is 3.14. The van der Waals surface area contributed by atoms with E-state index in [4.69, 9.17) is 0 Å². The van der Waals surface area contributed by atoms with Crippen molar-refractivity contribution in [3.05, 3.63) is 21.9 Å². The van der Waals surface area contributed by atoms with E-state index in [1.807, 2.05) is 16.2 Å². The van der Waals surface area contributed by atoms with Crippen molar-refractivity contribution < 1.29 is 4.79 Å². The SMILES string of the molecule is CCN1CCC(CNCC(=O)N2CCc3sccc3C2)C1. The number of fused-ring (bicyclic) bond motifs is 1. The summed E-state index contributed by atoms with van der Waals surface area (Å²) >= 11 is 1.82. The second-order valence-electron chi connectivity index (χ2n) is 6.11. The van der Waals surface area contributed by atoms with Gasteiger partial charge in [0.1, 0.15) is 0 Å². The van der Waals surface area contributed by atoms with E-state index < -0.39 is 0 Å². The summed E-state index contributed by atoms with van der Waals surface area (Å²) in [4.78, 5) is 18.2. The van der Waals surface area contributed by atoms with Gasteiger partial charge >= 0.3 is 0 Å². The molecule has 3 rings (SSSR count). The highest BCUT2D eigenvalue weighted by molar-refractivity contribution is 7.10. The number of thiophene rings is 1. The molecule has 1 saturated heterocycles. The topological polar surface area (TPSA) is 35.6 Å². The highest BCUT2D eigenvalue weighted by Gasteiger charge is 2.23. The molecule has 0 aromatic carbocycles. The van der Waals surface area contributed by atoms with Gasteiger partial charge in [-0.25, -0.2) is 0 Å². The third-order valence-corrected chi connectivity index (χ3v) is 5.71. The Labute approximate surface area is 131 Å². The molecule has 1 atom stereocenters. The number of carbonyl (C=O) groups is 1. The van der Waals surface area contributed by atoms with Crippen LogP contribution in [-0.2, 0) is 17.8 Å². The van der Waals surface area contributed by atoms with Gasteiger partial charge in [-0.3, -0.25) is 4.79 Å². The Hall–Kier alpha value is -0.910.